The Bertz CT molecular complexity index is 866. The van der Waals surface area contributed by atoms with Crippen LogP contribution in [0.15, 0.2) is 47.1 Å². The van der Waals surface area contributed by atoms with Crippen LogP contribution in [0.3, 0.4) is 0 Å². The van der Waals surface area contributed by atoms with Crippen molar-refractivity contribution in [1.82, 2.24) is 4.90 Å². The molecule has 1 saturated heterocycles. The van der Waals surface area contributed by atoms with Crippen LogP contribution in [0.4, 0.5) is 5.69 Å². The minimum Gasteiger partial charge on any atom is -0.467 e. The highest BCUT2D eigenvalue weighted by molar-refractivity contribution is 5.93. The van der Waals surface area contributed by atoms with Crippen molar-refractivity contribution < 1.29 is 23.5 Å². The molecule has 3 rings (SSSR count). The number of ether oxygens (including phenoxy) is 1. The molecule has 0 unspecified atom stereocenters. The third kappa shape index (κ3) is 5.47. The molecule has 154 valence electrons. The van der Waals surface area contributed by atoms with Gasteiger partial charge in [0, 0.05) is 18.7 Å². The van der Waals surface area contributed by atoms with Crippen LogP contribution in [0.25, 0.3) is 0 Å². The Balaban J connectivity index is 1.45. The standard InChI is InChI=1S/C22H26N2O5/c1-22(2,3)16-6-8-17(9-7-16)23-19(25)14-29-21(27)15-11-20(26)24(12-15)13-18-5-4-10-28-18/h4-10,15H,11-14H2,1-3H3,(H,23,25)/t15-/m1/s1. The van der Waals surface area contributed by atoms with Gasteiger partial charge in [-0.1, -0.05) is 32.9 Å². The average molecular weight is 398 g/mol. The minimum atomic E-state index is -0.573. The fraction of sp³-hybridized carbons (Fsp3) is 0.409. The maximum absolute atomic E-state index is 12.2. The van der Waals surface area contributed by atoms with Gasteiger partial charge in [-0.05, 0) is 35.2 Å². The lowest BCUT2D eigenvalue weighted by molar-refractivity contribution is -0.151. The van der Waals surface area contributed by atoms with Crippen LogP contribution in [-0.4, -0.2) is 35.8 Å². The van der Waals surface area contributed by atoms with Crippen molar-refractivity contribution in [1.29, 1.82) is 0 Å². The highest BCUT2D eigenvalue weighted by Gasteiger charge is 2.35. The number of amides is 2. The van der Waals surface area contributed by atoms with Gasteiger partial charge in [0.15, 0.2) is 6.61 Å². The summed E-state index contributed by atoms with van der Waals surface area (Å²) in [6.45, 7) is 6.54. The van der Waals surface area contributed by atoms with Crippen LogP contribution in [-0.2, 0) is 31.1 Å². The van der Waals surface area contributed by atoms with Crippen molar-refractivity contribution in [2.75, 3.05) is 18.5 Å². The number of likely N-dealkylation sites (tertiary alicyclic amines) is 1. The van der Waals surface area contributed by atoms with Crippen molar-refractivity contribution in [3.8, 4) is 0 Å². The molecular weight excluding hydrogens is 372 g/mol. The van der Waals surface area contributed by atoms with E-state index in [1.54, 1.807) is 17.0 Å². The van der Waals surface area contributed by atoms with E-state index in [0.717, 1.165) is 5.56 Å². The summed E-state index contributed by atoms with van der Waals surface area (Å²) in [4.78, 5) is 38.0. The first-order chi connectivity index (χ1) is 13.7. The van der Waals surface area contributed by atoms with Crippen molar-refractivity contribution in [2.24, 2.45) is 5.92 Å². The summed E-state index contributed by atoms with van der Waals surface area (Å²) in [5, 5.41) is 2.71. The molecule has 0 bridgehead atoms. The molecule has 0 saturated carbocycles. The third-order valence-corrected chi connectivity index (χ3v) is 4.85. The van der Waals surface area contributed by atoms with Gasteiger partial charge in [0.1, 0.15) is 5.76 Å². The Labute approximate surface area is 170 Å². The second-order valence-corrected chi connectivity index (χ2v) is 8.24. The monoisotopic (exact) mass is 398 g/mol. The molecule has 7 heteroatoms. The van der Waals surface area contributed by atoms with Crippen molar-refractivity contribution in [2.45, 2.75) is 39.2 Å². The molecule has 0 spiro atoms. The Morgan fingerprint density at radius 1 is 1.21 bits per heavy atom. The molecule has 2 aromatic rings. The van der Waals surface area contributed by atoms with Crippen molar-refractivity contribution in [3.63, 3.8) is 0 Å². The quantitative estimate of drug-likeness (QED) is 0.756. The molecule has 1 aromatic heterocycles. The van der Waals surface area contributed by atoms with Gasteiger partial charge in [0.05, 0.1) is 18.7 Å². The van der Waals surface area contributed by atoms with E-state index in [0.29, 0.717) is 18.0 Å². The van der Waals surface area contributed by atoms with Crippen LogP contribution < -0.4 is 5.32 Å². The summed E-state index contributed by atoms with van der Waals surface area (Å²) in [5.41, 5.74) is 1.83. The summed E-state index contributed by atoms with van der Waals surface area (Å²) in [5.74, 6) is -1.01. The normalized spacial score (nSPS) is 16.7. The van der Waals surface area contributed by atoms with Crippen LogP contribution in [0.2, 0.25) is 0 Å². The number of carbonyl (C=O) groups is 3. The number of nitrogens with one attached hydrogen (secondary N) is 1. The number of rotatable bonds is 6. The molecule has 29 heavy (non-hydrogen) atoms. The highest BCUT2D eigenvalue weighted by Crippen LogP contribution is 2.24. The average Bonchev–Trinajstić information content (AvgIpc) is 3.30. The molecule has 0 aliphatic carbocycles. The Kier molecular flexibility index (Phi) is 6.06. The molecule has 1 aliphatic rings. The highest BCUT2D eigenvalue weighted by atomic mass is 16.5. The lowest BCUT2D eigenvalue weighted by atomic mass is 9.87. The molecule has 0 radical (unpaired) electrons. The number of esters is 1. The SMILES string of the molecule is CC(C)(C)c1ccc(NC(=O)COC(=O)[C@@H]2CC(=O)N(Cc3ccco3)C2)cc1. The van der Waals surface area contributed by atoms with E-state index >= 15 is 0 Å². The molecule has 7 nitrogen and oxygen atoms in total. The first-order valence-electron chi connectivity index (χ1n) is 9.59. The van der Waals surface area contributed by atoms with E-state index in [1.807, 2.05) is 24.3 Å². The topological polar surface area (TPSA) is 88.8 Å². The van der Waals surface area contributed by atoms with Gasteiger partial charge in [0.25, 0.3) is 5.91 Å². The first kappa shape index (κ1) is 20.6. The summed E-state index contributed by atoms with van der Waals surface area (Å²) in [6, 6.07) is 11.1. The summed E-state index contributed by atoms with van der Waals surface area (Å²) < 4.78 is 10.4. The zero-order valence-corrected chi connectivity index (χ0v) is 16.9. The number of benzene rings is 1. The maximum Gasteiger partial charge on any atom is 0.311 e. The van der Waals surface area contributed by atoms with Gasteiger partial charge in [-0.25, -0.2) is 0 Å². The van der Waals surface area contributed by atoms with Crippen molar-refractivity contribution in [3.05, 3.63) is 54.0 Å². The third-order valence-electron chi connectivity index (χ3n) is 4.85. The Morgan fingerprint density at radius 3 is 2.55 bits per heavy atom. The Hall–Kier alpha value is -3.09. The zero-order valence-electron chi connectivity index (χ0n) is 16.9. The van der Waals surface area contributed by atoms with Crippen LogP contribution in [0.1, 0.15) is 38.5 Å². The van der Waals surface area contributed by atoms with Gasteiger partial charge in [-0.3, -0.25) is 14.4 Å². The number of hydrogen-bond donors (Lipinski definition) is 1. The fourth-order valence-electron chi connectivity index (χ4n) is 3.18. The van der Waals surface area contributed by atoms with Crippen molar-refractivity contribution >= 4 is 23.5 Å². The van der Waals surface area contributed by atoms with Crippen LogP contribution in [0, 0.1) is 5.92 Å². The largest absolute Gasteiger partial charge is 0.467 e. The van der Waals surface area contributed by atoms with Gasteiger partial charge >= 0.3 is 5.97 Å². The lowest BCUT2D eigenvalue weighted by Crippen LogP contribution is -2.28. The molecule has 1 aromatic carbocycles. The molecule has 1 fully saturated rings. The smallest absolute Gasteiger partial charge is 0.311 e. The second-order valence-electron chi connectivity index (χ2n) is 8.24. The zero-order chi connectivity index (χ0) is 21.0. The lowest BCUT2D eigenvalue weighted by Gasteiger charge is -2.19. The van der Waals surface area contributed by atoms with E-state index in [2.05, 4.69) is 26.1 Å². The fourth-order valence-corrected chi connectivity index (χ4v) is 3.18. The molecule has 2 amide bonds. The maximum atomic E-state index is 12.2. The minimum absolute atomic E-state index is 0.0294. The molecule has 2 heterocycles. The number of anilines is 1. The predicted molar refractivity (Wildman–Crippen MR) is 107 cm³/mol. The van der Waals surface area contributed by atoms with Gasteiger partial charge < -0.3 is 19.4 Å². The molecule has 1 atom stereocenters. The second kappa shape index (κ2) is 8.51. The summed E-state index contributed by atoms with van der Waals surface area (Å²) in [6.07, 6.45) is 1.62. The van der Waals surface area contributed by atoms with Crippen LogP contribution >= 0.6 is 0 Å². The number of hydrogen-bond acceptors (Lipinski definition) is 5. The Morgan fingerprint density at radius 2 is 1.93 bits per heavy atom. The van der Waals surface area contributed by atoms with Crippen LogP contribution in [0.5, 0.6) is 0 Å². The predicted octanol–water partition coefficient (Wildman–Crippen LogP) is 3.11. The molecule has 1 N–H and O–H groups in total. The van der Waals surface area contributed by atoms with Gasteiger partial charge in [-0.15, -0.1) is 0 Å². The van der Waals surface area contributed by atoms with E-state index in [4.69, 9.17) is 9.15 Å². The van der Waals surface area contributed by atoms with Gasteiger partial charge in [0.2, 0.25) is 5.91 Å². The number of furan rings is 1. The summed E-state index contributed by atoms with van der Waals surface area (Å²) >= 11 is 0. The molecule has 1 aliphatic heterocycles. The van der Waals surface area contributed by atoms with E-state index in [-0.39, 0.29) is 30.9 Å². The molecular formula is C22H26N2O5. The van der Waals surface area contributed by atoms with E-state index in [1.165, 1.54) is 6.26 Å². The summed E-state index contributed by atoms with van der Waals surface area (Å²) in [7, 11) is 0. The number of carbonyl (C=O) groups excluding carboxylic acids is 3. The van der Waals surface area contributed by atoms with E-state index < -0.39 is 17.8 Å². The first-order valence-corrected chi connectivity index (χ1v) is 9.59. The van der Waals surface area contributed by atoms with E-state index in [9.17, 15) is 14.4 Å². The van der Waals surface area contributed by atoms with Gasteiger partial charge in [-0.2, -0.15) is 0 Å². The number of nitrogens with zero attached hydrogens (tertiary/aromatic N) is 1.